The summed E-state index contributed by atoms with van der Waals surface area (Å²) in [6.45, 7) is 4.65. The van der Waals surface area contributed by atoms with E-state index in [-0.39, 0.29) is 24.8 Å². The second-order valence-electron chi connectivity index (χ2n) is 12.4. The normalized spacial score (nSPS) is 13.8. The van der Waals surface area contributed by atoms with Gasteiger partial charge in [-0.3, -0.25) is 0 Å². The van der Waals surface area contributed by atoms with Gasteiger partial charge in [0.1, 0.15) is 0 Å². The van der Waals surface area contributed by atoms with Gasteiger partial charge < -0.3 is 24.8 Å². The Kier molecular flexibility index (Phi) is 10.4. The molecule has 48 heavy (non-hydrogen) atoms. The fourth-order valence-corrected chi connectivity index (χ4v) is 11.9. The summed E-state index contributed by atoms with van der Waals surface area (Å²) in [4.78, 5) is 0. The smallest absolute Gasteiger partial charge is 1.00 e. The SMILES string of the molecule is Cc1ccc2c(c1)[CH]([Zr+2]=[C](c1ccccc1)c1ccccc1)c1c(C3=CC=CC3)c(C)c(-c3ccccc3)c(-c3ccccc3)c1-2.[Cl-].[Cl-]. The molecule has 0 saturated carbocycles. The molecule has 0 radical (unpaired) electrons. The van der Waals surface area contributed by atoms with Crippen molar-refractivity contribution in [2.75, 3.05) is 0 Å². The molecule has 3 heteroatoms. The van der Waals surface area contributed by atoms with E-state index in [4.69, 9.17) is 0 Å². The van der Waals surface area contributed by atoms with Gasteiger partial charge in [-0.1, -0.05) is 0 Å². The molecule has 0 heterocycles. The van der Waals surface area contributed by atoms with Crippen molar-refractivity contribution in [2.45, 2.75) is 23.9 Å². The zero-order valence-corrected chi connectivity index (χ0v) is 31.0. The summed E-state index contributed by atoms with van der Waals surface area (Å²) < 4.78 is 1.94. The van der Waals surface area contributed by atoms with Crippen LogP contribution >= 0.6 is 0 Å². The van der Waals surface area contributed by atoms with Gasteiger partial charge in [-0.2, -0.15) is 0 Å². The van der Waals surface area contributed by atoms with Gasteiger partial charge in [0, 0.05) is 0 Å². The number of benzene rings is 6. The Bertz CT molecular complexity index is 2120. The number of allylic oxidation sites excluding steroid dienone is 4. The molecule has 0 saturated heterocycles. The number of hydrogen-bond donors (Lipinski definition) is 0. The van der Waals surface area contributed by atoms with E-state index in [0.717, 1.165) is 6.42 Å². The zero-order valence-electron chi connectivity index (χ0n) is 27.1. The fourth-order valence-electron chi connectivity index (χ4n) is 7.51. The topological polar surface area (TPSA) is 0 Å². The summed E-state index contributed by atoms with van der Waals surface area (Å²) >= 11 is -1.30. The van der Waals surface area contributed by atoms with Gasteiger partial charge in [0.05, 0.1) is 0 Å². The van der Waals surface area contributed by atoms with Crippen LogP contribution < -0.4 is 24.8 Å². The van der Waals surface area contributed by atoms with E-state index in [2.05, 4.69) is 172 Å². The standard InChI is InChI=1S/C32H25.C13H10.2ClH.Zr/c1-21-17-18-27-26(19-21)20-28-29(23-15-9-10-16-23)22(2)30(24-11-5-3-6-12-24)31(32(27)28)25-13-7-4-8-14-25;1-3-7-12(8-4-1)11-13-9-5-2-6-10-13;;;/h3-15,17-20H,16H2,1-2H3;1-10H;2*1H;/q;;;;+2/p-2. The van der Waals surface area contributed by atoms with E-state index in [1.807, 2.05) is 0 Å². The van der Waals surface area contributed by atoms with Gasteiger partial charge in [0.25, 0.3) is 0 Å². The molecule has 2 aliphatic carbocycles. The van der Waals surface area contributed by atoms with E-state index in [0.29, 0.717) is 3.63 Å². The van der Waals surface area contributed by atoms with Crippen molar-refractivity contribution in [1.82, 2.24) is 0 Å². The molecular weight excluding hydrogens is 703 g/mol. The molecule has 6 aromatic carbocycles. The maximum absolute atomic E-state index is 2.51. The van der Waals surface area contributed by atoms with Gasteiger partial charge in [0.2, 0.25) is 0 Å². The molecule has 0 fully saturated rings. The zero-order chi connectivity index (χ0) is 31.0. The predicted octanol–water partition coefficient (Wildman–Crippen LogP) is 5.41. The third-order valence-electron chi connectivity index (χ3n) is 9.50. The second-order valence-corrected chi connectivity index (χ2v) is 15.7. The Morgan fingerprint density at radius 3 is 1.67 bits per heavy atom. The van der Waals surface area contributed by atoms with E-state index >= 15 is 0 Å². The van der Waals surface area contributed by atoms with Crippen molar-refractivity contribution in [1.29, 1.82) is 0 Å². The first-order chi connectivity index (χ1) is 22.7. The van der Waals surface area contributed by atoms with Crippen molar-refractivity contribution >= 4 is 8.78 Å². The molecule has 0 N–H and O–H groups in total. The molecule has 1 unspecified atom stereocenters. The largest absolute Gasteiger partial charge is 1.00 e. The minimum Gasteiger partial charge on any atom is -1.00 e. The van der Waals surface area contributed by atoms with E-state index in [1.54, 1.807) is 8.77 Å². The number of fused-ring (bicyclic) bond motifs is 3. The minimum atomic E-state index is -1.30. The first-order valence-electron chi connectivity index (χ1n) is 16.2. The molecule has 2 aliphatic rings. The Morgan fingerprint density at radius 2 is 1.12 bits per heavy atom. The van der Waals surface area contributed by atoms with Crippen LogP contribution in [-0.2, 0) is 22.8 Å². The van der Waals surface area contributed by atoms with Crippen molar-refractivity contribution in [3.05, 3.63) is 197 Å². The van der Waals surface area contributed by atoms with Crippen molar-refractivity contribution in [3.8, 4) is 33.4 Å². The van der Waals surface area contributed by atoms with Crippen LogP contribution in [0.5, 0.6) is 0 Å². The van der Waals surface area contributed by atoms with E-state index < -0.39 is 22.8 Å². The minimum absolute atomic E-state index is 0. The Labute approximate surface area is 308 Å². The molecule has 0 bridgehead atoms. The first-order valence-corrected chi connectivity index (χ1v) is 18.9. The molecular formula is C45H35Cl2Zr. The molecule has 233 valence electrons. The molecule has 0 nitrogen and oxygen atoms in total. The van der Waals surface area contributed by atoms with Crippen LogP contribution in [0, 0.1) is 13.8 Å². The van der Waals surface area contributed by atoms with Gasteiger partial charge in [0.15, 0.2) is 0 Å². The third kappa shape index (κ3) is 6.10. The monoisotopic (exact) mass is 735 g/mol. The maximum atomic E-state index is 2.51. The van der Waals surface area contributed by atoms with Crippen LogP contribution in [0.25, 0.3) is 39.0 Å². The van der Waals surface area contributed by atoms with Gasteiger partial charge >= 0.3 is 286 Å². The molecule has 0 amide bonds. The molecule has 0 aromatic heterocycles. The van der Waals surface area contributed by atoms with Gasteiger partial charge in [-0.25, -0.2) is 0 Å². The summed E-state index contributed by atoms with van der Waals surface area (Å²) in [5.74, 6) is 0. The second kappa shape index (κ2) is 14.7. The molecule has 0 spiro atoms. The van der Waals surface area contributed by atoms with Crippen LogP contribution in [0.2, 0.25) is 0 Å². The van der Waals surface area contributed by atoms with Crippen molar-refractivity contribution < 1.29 is 47.6 Å². The summed E-state index contributed by atoms with van der Waals surface area (Å²) in [6, 6.07) is 51.8. The third-order valence-corrected chi connectivity index (χ3v) is 13.8. The van der Waals surface area contributed by atoms with Crippen LogP contribution in [-0.4, -0.2) is 3.21 Å². The number of halogens is 2. The van der Waals surface area contributed by atoms with E-state index in [1.165, 1.54) is 72.3 Å². The average Bonchev–Trinajstić information content (AvgIpc) is 3.75. The number of hydrogen-bond acceptors (Lipinski definition) is 0. The predicted molar refractivity (Wildman–Crippen MR) is 192 cm³/mol. The maximum Gasteiger partial charge on any atom is -1.00 e. The van der Waals surface area contributed by atoms with Crippen molar-refractivity contribution in [2.24, 2.45) is 0 Å². The fraction of sp³-hybridized carbons (Fsp3) is 0.0889. The Balaban J connectivity index is 0.00000201. The molecule has 6 aromatic rings. The number of rotatable bonds is 6. The molecule has 0 aliphatic heterocycles. The Morgan fingerprint density at radius 1 is 0.583 bits per heavy atom. The quantitative estimate of drug-likeness (QED) is 0.215. The molecule has 8 rings (SSSR count). The van der Waals surface area contributed by atoms with Gasteiger partial charge in [-0.15, -0.1) is 0 Å². The van der Waals surface area contributed by atoms with Crippen LogP contribution in [0.3, 0.4) is 0 Å². The summed E-state index contributed by atoms with van der Waals surface area (Å²) in [5, 5.41) is 0. The Hall–Kier alpha value is -3.87. The summed E-state index contributed by atoms with van der Waals surface area (Å²) in [7, 11) is 0. The first kappa shape index (κ1) is 34.0. The van der Waals surface area contributed by atoms with Crippen LogP contribution in [0.4, 0.5) is 0 Å². The van der Waals surface area contributed by atoms with Crippen molar-refractivity contribution in [3.63, 3.8) is 0 Å². The van der Waals surface area contributed by atoms with Gasteiger partial charge in [-0.05, 0) is 0 Å². The number of aryl methyl sites for hydroxylation is 1. The summed E-state index contributed by atoms with van der Waals surface area (Å²) in [6.07, 6.45) is 7.92. The molecule has 1 atom stereocenters. The van der Waals surface area contributed by atoms with Crippen LogP contribution in [0.1, 0.15) is 49.0 Å². The van der Waals surface area contributed by atoms with Crippen LogP contribution in [0.15, 0.2) is 158 Å². The van der Waals surface area contributed by atoms with E-state index in [9.17, 15) is 0 Å². The summed E-state index contributed by atoms with van der Waals surface area (Å²) in [5.41, 5.74) is 19.6. The average molecular weight is 738 g/mol.